The molecular weight excluding hydrogens is 340 g/mol. The molecule has 1 unspecified atom stereocenters. The topological polar surface area (TPSA) is 75.7 Å². The molecule has 1 N–H and O–H groups in total. The van der Waals surface area contributed by atoms with Crippen molar-refractivity contribution >= 4 is 15.9 Å². The average Bonchev–Trinajstić information content (AvgIpc) is 2.60. The second-order valence-corrected chi connectivity index (χ2v) is 7.70. The lowest BCUT2D eigenvalue weighted by Crippen LogP contribution is -2.41. The Hall–Kier alpha value is -2.38. The van der Waals surface area contributed by atoms with Crippen molar-refractivity contribution in [1.82, 2.24) is 9.62 Å². The molecule has 2 aromatic rings. The number of ether oxygens (including phenoxy) is 1. The third-order valence-corrected chi connectivity index (χ3v) is 5.13. The highest BCUT2D eigenvalue weighted by Crippen LogP contribution is 2.22. The van der Waals surface area contributed by atoms with Gasteiger partial charge in [0, 0.05) is 13.6 Å². The molecule has 0 spiro atoms. The zero-order valence-corrected chi connectivity index (χ0v) is 15.3. The van der Waals surface area contributed by atoms with Crippen molar-refractivity contribution in [2.24, 2.45) is 0 Å². The Kier molecular flexibility index (Phi) is 6.17. The van der Waals surface area contributed by atoms with Crippen molar-refractivity contribution in [3.63, 3.8) is 0 Å². The van der Waals surface area contributed by atoms with Crippen LogP contribution in [0.25, 0.3) is 0 Å². The summed E-state index contributed by atoms with van der Waals surface area (Å²) in [5, 5.41) is 2.80. The number of nitrogens with one attached hydrogen (secondary N) is 1. The van der Waals surface area contributed by atoms with Gasteiger partial charge in [0.25, 0.3) is 0 Å². The maximum Gasteiger partial charge on any atom is 0.243 e. The van der Waals surface area contributed by atoms with Gasteiger partial charge in [0.1, 0.15) is 11.8 Å². The van der Waals surface area contributed by atoms with Gasteiger partial charge in [-0.25, -0.2) is 8.42 Å². The number of amides is 1. The van der Waals surface area contributed by atoms with E-state index in [1.807, 2.05) is 18.2 Å². The second kappa shape index (κ2) is 8.13. The fourth-order valence-electron chi connectivity index (χ4n) is 2.38. The molecule has 134 valence electrons. The third kappa shape index (κ3) is 5.04. The molecule has 2 aromatic carbocycles. The molecule has 25 heavy (non-hydrogen) atoms. The number of sulfonamides is 1. The molecule has 0 aliphatic heterocycles. The van der Waals surface area contributed by atoms with E-state index in [0.29, 0.717) is 12.1 Å². The quantitative estimate of drug-likeness (QED) is 0.817. The Morgan fingerprint density at radius 1 is 1.12 bits per heavy atom. The third-order valence-electron chi connectivity index (χ3n) is 3.88. The zero-order valence-electron chi connectivity index (χ0n) is 14.5. The number of carbonyl (C=O) groups excluding carboxylic acids is 1. The first-order valence-corrected chi connectivity index (χ1v) is 9.56. The predicted molar refractivity (Wildman–Crippen MR) is 96.6 cm³/mol. The normalized spacial score (nSPS) is 12.6. The first kappa shape index (κ1) is 19.0. The Bertz CT molecular complexity index is 805. The first-order chi connectivity index (χ1) is 11.8. The summed E-state index contributed by atoms with van der Waals surface area (Å²) in [6.45, 7) is 0.295. The molecule has 0 aliphatic rings. The first-order valence-electron chi connectivity index (χ1n) is 7.71. The minimum absolute atomic E-state index is 0.295. The van der Waals surface area contributed by atoms with Crippen LogP contribution in [-0.2, 0) is 21.4 Å². The highest BCUT2D eigenvalue weighted by Gasteiger charge is 2.30. The van der Waals surface area contributed by atoms with E-state index >= 15 is 0 Å². The molecule has 0 saturated carbocycles. The molecule has 0 aromatic heterocycles. The van der Waals surface area contributed by atoms with Crippen molar-refractivity contribution in [2.45, 2.75) is 12.6 Å². The van der Waals surface area contributed by atoms with E-state index < -0.39 is 16.1 Å². The summed E-state index contributed by atoms with van der Waals surface area (Å²) in [6.07, 6.45) is 1.08. The minimum atomic E-state index is -3.53. The van der Waals surface area contributed by atoms with Gasteiger partial charge in [-0.3, -0.25) is 4.79 Å². The largest absolute Gasteiger partial charge is 0.497 e. The lowest BCUT2D eigenvalue weighted by Gasteiger charge is -2.25. The van der Waals surface area contributed by atoms with Crippen molar-refractivity contribution in [1.29, 1.82) is 0 Å². The van der Waals surface area contributed by atoms with E-state index in [1.54, 1.807) is 43.5 Å². The lowest BCUT2D eigenvalue weighted by molar-refractivity contribution is -0.124. The van der Waals surface area contributed by atoms with Crippen LogP contribution in [0.5, 0.6) is 5.75 Å². The summed E-state index contributed by atoms with van der Waals surface area (Å²) in [7, 11) is -0.543. The number of benzene rings is 2. The van der Waals surface area contributed by atoms with Crippen LogP contribution in [0.15, 0.2) is 54.6 Å². The second-order valence-electron chi connectivity index (χ2n) is 5.66. The lowest BCUT2D eigenvalue weighted by atomic mass is 10.1. The van der Waals surface area contributed by atoms with Crippen LogP contribution in [0.2, 0.25) is 0 Å². The standard InChI is InChI=1S/C18H22N2O4S/c1-20(25(3,22)23)17(15-7-5-4-6-8-15)18(21)19-13-14-9-11-16(24-2)12-10-14/h4-12,17H,13H2,1-3H3,(H,19,21). The fourth-order valence-corrected chi connectivity index (χ4v) is 2.98. The Labute approximate surface area is 148 Å². The van der Waals surface area contributed by atoms with E-state index in [4.69, 9.17) is 4.74 Å². The Balaban J connectivity index is 2.17. The number of rotatable bonds is 7. The van der Waals surface area contributed by atoms with Crippen LogP contribution >= 0.6 is 0 Å². The Morgan fingerprint density at radius 3 is 2.24 bits per heavy atom. The molecule has 0 bridgehead atoms. The summed E-state index contributed by atoms with van der Waals surface area (Å²) < 4.78 is 30.0. The molecule has 1 amide bonds. The molecule has 0 heterocycles. The predicted octanol–water partition coefficient (Wildman–Crippen LogP) is 1.94. The van der Waals surface area contributed by atoms with Crippen LogP contribution in [0, 0.1) is 0 Å². The van der Waals surface area contributed by atoms with Gasteiger partial charge in [-0.15, -0.1) is 0 Å². The highest BCUT2D eigenvalue weighted by molar-refractivity contribution is 7.88. The van der Waals surface area contributed by atoms with Crippen molar-refractivity contribution in [3.8, 4) is 5.75 Å². The number of likely N-dealkylation sites (N-methyl/N-ethyl adjacent to an activating group) is 1. The summed E-state index contributed by atoms with van der Waals surface area (Å²) in [4.78, 5) is 12.7. The monoisotopic (exact) mass is 362 g/mol. The van der Waals surface area contributed by atoms with E-state index in [9.17, 15) is 13.2 Å². The van der Waals surface area contributed by atoms with Crippen LogP contribution in [0.3, 0.4) is 0 Å². The zero-order chi connectivity index (χ0) is 18.4. The van der Waals surface area contributed by atoms with E-state index in [0.717, 1.165) is 21.9 Å². The smallest absolute Gasteiger partial charge is 0.243 e. The summed E-state index contributed by atoms with van der Waals surface area (Å²) in [5.74, 6) is 0.351. The fraction of sp³-hybridized carbons (Fsp3) is 0.278. The average molecular weight is 362 g/mol. The maximum atomic E-state index is 12.7. The van der Waals surface area contributed by atoms with Crippen LogP contribution in [0.1, 0.15) is 17.2 Å². The van der Waals surface area contributed by atoms with Crippen LogP contribution in [0.4, 0.5) is 0 Å². The van der Waals surface area contributed by atoms with Gasteiger partial charge in [0.05, 0.1) is 13.4 Å². The van der Waals surface area contributed by atoms with Gasteiger partial charge in [0.2, 0.25) is 15.9 Å². The number of carbonyl (C=O) groups is 1. The summed E-state index contributed by atoms with van der Waals surface area (Å²) >= 11 is 0. The number of hydrogen-bond acceptors (Lipinski definition) is 4. The van der Waals surface area contributed by atoms with E-state index in [2.05, 4.69) is 5.32 Å². The van der Waals surface area contributed by atoms with Gasteiger partial charge in [-0.1, -0.05) is 42.5 Å². The van der Waals surface area contributed by atoms with Gasteiger partial charge < -0.3 is 10.1 Å². The number of methoxy groups -OCH3 is 1. The molecule has 0 fully saturated rings. The highest BCUT2D eigenvalue weighted by atomic mass is 32.2. The molecule has 6 nitrogen and oxygen atoms in total. The Morgan fingerprint density at radius 2 is 1.72 bits per heavy atom. The van der Waals surface area contributed by atoms with Gasteiger partial charge in [-0.05, 0) is 23.3 Å². The van der Waals surface area contributed by atoms with Gasteiger partial charge >= 0.3 is 0 Å². The van der Waals surface area contributed by atoms with Gasteiger partial charge in [0.15, 0.2) is 0 Å². The summed E-state index contributed by atoms with van der Waals surface area (Å²) in [5.41, 5.74) is 1.51. The molecule has 7 heteroatoms. The molecular formula is C18H22N2O4S. The molecule has 2 rings (SSSR count). The number of hydrogen-bond donors (Lipinski definition) is 1. The van der Waals surface area contributed by atoms with Crippen molar-refractivity contribution in [3.05, 3.63) is 65.7 Å². The SMILES string of the molecule is COc1ccc(CNC(=O)C(c2ccccc2)N(C)S(C)(=O)=O)cc1. The van der Waals surface area contributed by atoms with Crippen molar-refractivity contribution in [2.75, 3.05) is 20.4 Å². The molecule has 0 saturated heterocycles. The molecule has 0 aliphatic carbocycles. The maximum absolute atomic E-state index is 12.7. The van der Waals surface area contributed by atoms with E-state index in [-0.39, 0.29) is 5.91 Å². The van der Waals surface area contributed by atoms with Crippen molar-refractivity contribution < 1.29 is 17.9 Å². The van der Waals surface area contributed by atoms with Crippen LogP contribution in [-0.4, -0.2) is 39.0 Å². The van der Waals surface area contributed by atoms with Gasteiger partial charge in [-0.2, -0.15) is 4.31 Å². The van der Waals surface area contributed by atoms with E-state index in [1.165, 1.54) is 7.05 Å². The molecule has 1 atom stereocenters. The van der Waals surface area contributed by atoms with Crippen LogP contribution < -0.4 is 10.1 Å². The minimum Gasteiger partial charge on any atom is -0.497 e. The summed E-state index contributed by atoms with van der Waals surface area (Å²) in [6, 6.07) is 15.2. The number of nitrogens with zero attached hydrogens (tertiary/aromatic N) is 1. The molecule has 0 radical (unpaired) electrons.